The SMILES string of the molecule is N#CC(=C1C(=C(\C#N)c2c(F)c(F)c(C#N)c(F)c2F)/C1=C(/C#N)c1c(F)c(F)c(C#N)c(F)c1F)c1ccc(C#N)cc1. The lowest BCUT2D eigenvalue weighted by Gasteiger charge is -2.08. The predicted molar refractivity (Wildman–Crippen MR) is 131 cm³/mol. The van der Waals surface area contributed by atoms with Crippen molar-refractivity contribution in [3.05, 3.63) is 121 Å². The van der Waals surface area contributed by atoms with Crippen molar-refractivity contribution in [3.8, 4) is 36.4 Å². The van der Waals surface area contributed by atoms with Gasteiger partial charge in [-0.25, -0.2) is 35.1 Å². The Morgan fingerprint density at radius 3 is 1.00 bits per heavy atom. The molecular formula is C30H4F8N6. The van der Waals surface area contributed by atoms with E-state index < -0.39 is 102 Å². The molecule has 1 aliphatic carbocycles. The lowest BCUT2D eigenvalue weighted by atomic mass is 9.99. The number of halogens is 8. The maximum absolute atomic E-state index is 15.0. The topological polar surface area (TPSA) is 143 Å². The molecule has 0 aliphatic heterocycles. The van der Waals surface area contributed by atoms with Crippen molar-refractivity contribution in [2.75, 3.05) is 0 Å². The Labute approximate surface area is 241 Å². The van der Waals surface area contributed by atoms with Gasteiger partial charge < -0.3 is 0 Å². The number of nitriles is 6. The van der Waals surface area contributed by atoms with Gasteiger partial charge in [-0.05, 0) is 17.7 Å². The molecule has 210 valence electrons. The fourth-order valence-corrected chi connectivity index (χ4v) is 4.29. The minimum absolute atomic E-state index is 0.0779. The monoisotopic (exact) mass is 600 g/mol. The quantitative estimate of drug-likeness (QED) is 0.187. The summed E-state index contributed by atoms with van der Waals surface area (Å²) in [5.74, 6) is -18.0. The summed E-state index contributed by atoms with van der Waals surface area (Å²) in [6.45, 7) is 0. The molecule has 0 aromatic heterocycles. The van der Waals surface area contributed by atoms with E-state index in [0.29, 0.717) is 0 Å². The molecule has 0 radical (unpaired) electrons. The molecule has 0 bridgehead atoms. The molecule has 3 aromatic rings. The van der Waals surface area contributed by atoms with Gasteiger partial charge in [-0.2, -0.15) is 31.6 Å². The van der Waals surface area contributed by atoms with Gasteiger partial charge in [0.05, 0.1) is 39.5 Å². The summed E-state index contributed by atoms with van der Waals surface area (Å²) in [4.78, 5) is 0. The van der Waals surface area contributed by atoms with Gasteiger partial charge in [0.2, 0.25) is 0 Å². The summed E-state index contributed by atoms with van der Waals surface area (Å²) < 4.78 is 118. The third kappa shape index (κ3) is 4.38. The molecule has 44 heavy (non-hydrogen) atoms. The number of allylic oxidation sites excluding steroid dienone is 6. The van der Waals surface area contributed by atoms with Crippen LogP contribution in [0.5, 0.6) is 0 Å². The van der Waals surface area contributed by atoms with E-state index in [9.17, 15) is 33.3 Å². The second-order valence-electron chi connectivity index (χ2n) is 8.51. The first-order valence-corrected chi connectivity index (χ1v) is 11.4. The standard InChI is InChI=1S/C30H4F8N6/c31-23-16(9-43)24(32)28(36)21(27(23)35)14(7-41)19-18(13(6-40)12-3-1-11(5-39)2-4-12)20(19)15(8-42)22-29(37)25(33)17(10-44)26(34)30(22)38/h1-4H/b19-14-,20-15-. The zero-order chi connectivity index (χ0) is 32.6. The fraction of sp³-hybridized carbons (Fsp3) is 0. The molecule has 4 rings (SSSR count). The highest BCUT2D eigenvalue weighted by Crippen LogP contribution is 2.57. The van der Waals surface area contributed by atoms with Crippen LogP contribution < -0.4 is 0 Å². The van der Waals surface area contributed by atoms with Crippen molar-refractivity contribution in [2.45, 2.75) is 0 Å². The van der Waals surface area contributed by atoms with E-state index in [0.717, 1.165) is 24.3 Å². The van der Waals surface area contributed by atoms with Crippen LogP contribution in [0.4, 0.5) is 35.1 Å². The van der Waals surface area contributed by atoms with Crippen LogP contribution in [0.3, 0.4) is 0 Å². The number of hydrogen-bond acceptors (Lipinski definition) is 6. The third-order valence-electron chi connectivity index (χ3n) is 6.33. The Kier molecular flexibility index (Phi) is 7.74. The molecule has 0 saturated heterocycles. The van der Waals surface area contributed by atoms with Crippen LogP contribution in [0.15, 0.2) is 41.0 Å². The summed E-state index contributed by atoms with van der Waals surface area (Å²) in [6, 6.07) is 12.4. The van der Waals surface area contributed by atoms with Crippen molar-refractivity contribution >= 4 is 16.7 Å². The molecule has 0 spiro atoms. The molecule has 6 nitrogen and oxygen atoms in total. The van der Waals surface area contributed by atoms with E-state index >= 15 is 17.6 Å². The summed E-state index contributed by atoms with van der Waals surface area (Å²) in [5, 5.41) is 56.5. The molecule has 1 saturated carbocycles. The Balaban J connectivity index is 2.27. The summed E-state index contributed by atoms with van der Waals surface area (Å²) in [7, 11) is 0. The number of rotatable bonds is 3. The Hall–Kier alpha value is -6.74. The average Bonchev–Trinajstić information content (AvgIpc) is 3.74. The fourth-order valence-electron chi connectivity index (χ4n) is 4.29. The lowest BCUT2D eigenvalue weighted by Crippen LogP contribution is -2.06. The van der Waals surface area contributed by atoms with Crippen LogP contribution >= 0.6 is 0 Å². The number of nitrogens with zero attached hydrogens (tertiary/aromatic N) is 6. The average molecular weight is 600 g/mol. The zero-order valence-electron chi connectivity index (χ0n) is 21.0. The summed E-state index contributed by atoms with van der Waals surface area (Å²) in [6.07, 6.45) is 0. The maximum Gasteiger partial charge on any atom is 0.180 e. The van der Waals surface area contributed by atoms with Crippen LogP contribution in [0.25, 0.3) is 16.7 Å². The van der Waals surface area contributed by atoms with Gasteiger partial charge in [0, 0.05) is 16.7 Å². The van der Waals surface area contributed by atoms with E-state index in [4.69, 9.17) is 15.8 Å². The highest BCUT2D eigenvalue weighted by Gasteiger charge is 2.45. The normalized spacial score (nSPS) is 13.8. The summed E-state index contributed by atoms with van der Waals surface area (Å²) in [5.41, 5.74) is -12.6. The first-order chi connectivity index (χ1) is 20.9. The molecule has 0 atom stereocenters. The van der Waals surface area contributed by atoms with E-state index in [-0.39, 0.29) is 11.1 Å². The van der Waals surface area contributed by atoms with Gasteiger partial charge in [0.15, 0.2) is 46.5 Å². The minimum atomic E-state index is -2.27. The Morgan fingerprint density at radius 1 is 0.409 bits per heavy atom. The Morgan fingerprint density at radius 2 is 0.727 bits per heavy atom. The van der Waals surface area contributed by atoms with Gasteiger partial charge in [-0.1, -0.05) is 12.1 Å². The predicted octanol–water partition coefficient (Wildman–Crippen LogP) is 6.66. The van der Waals surface area contributed by atoms with Crippen LogP contribution in [0.2, 0.25) is 0 Å². The van der Waals surface area contributed by atoms with E-state index in [1.807, 2.05) is 0 Å². The number of hydrogen-bond donors (Lipinski definition) is 0. The van der Waals surface area contributed by atoms with Crippen molar-refractivity contribution < 1.29 is 35.1 Å². The molecule has 0 amide bonds. The smallest absolute Gasteiger partial charge is 0.180 e. The molecule has 0 N–H and O–H groups in total. The maximum atomic E-state index is 15.0. The molecular weight excluding hydrogens is 596 g/mol. The third-order valence-corrected chi connectivity index (χ3v) is 6.33. The van der Waals surface area contributed by atoms with Crippen molar-refractivity contribution in [3.63, 3.8) is 0 Å². The molecule has 3 aromatic carbocycles. The molecule has 1 aliphatic rings. The zero-order valence-corrected chi connectivity index (χ0v) is 21.0. The van der Waals surface area contributed by atoms with Crippen LogP contribution in [-0.2, 0) is 0 Å². The van der Waals surface area contributed by atoms with Gasteiger partial charge in [0.25, 0.3) is 0 Å². The molecule has 14 heteroatoms. The Bertz CT molecular complexity index is 2030. The van der Waals surface area contributed by atoms with E-state index in [2.05, 4.69) is 0 Å². The van der Waals surface area contributed by atoms with E-state index in [1.165, 1.54) is 24.3 Å². The second kappa shape index (κ2) is 11.3. The second-order valence-corrected chi connectivity index (χ2v) is 8.51. The molecule has 0 heterocycles. The van der Waals surface area contributed by atoms with Crippen molar-refractivity contribution in [1.29, 1.82) is 31.6 Å². The van der Waals surface area contributed by atoms with Crippen molar-refractivity contribution in [1.82, 2.24) is 0 Å². The van der Waals surface area contributed by atoms with Gasteiger partial charge >= 0.3 is 0 Å². The highest BCUT2D eigenvalue weighted by atomic mass is 19.2. The largest absolute Gasteiger partial charge is 0.203 e. The number of benzene rings is 3. The lowest BCUT2D eigenvalue weighted by molar-refractivity contribution is 0.446. The molecule has 1 fully saturated rings. The minimum Gasteiger partial charge on any atom is -0.203 e. The molecule has 0 unspecified atom stereocenters. The van der Waals surface area contributed by atoms with Crippen molar-refractivity contribution in [2.24, 2.45) is 0 Å². The first-order valence-electron chi connectivity index (χ1n) is 11.4. The first kappa shape index (κ1) is 30.2. The van der Waals surface area contributed by atoms with Gasteiger partial charge in [-0.3, -0.25) is 0 Å². The van der Waals surface area contributed by atoms with Crippen LogP contribution in [0.1, 0.15) is 33.4 Å². The van der Waals surface area contributed by atoms with Gasteiger partial charge in [0.1, 0.15) is 41.5 Å². The highest BCUT2D eigenvalue weighted by molar-refractivity contribution is 6.12. The summed E-state index contributed by atoms with van der Waals surface area (Å²) >= 11 is 0. The van der Waals surface area contributed by atoms with Crippen LogP contribution in [0, 0.1) is 115 Å². The van der Waals surface area contributed by atoms with Crippen LogP contribution in [-0.4, -0.2) is 0 Å². The van der Waals surface area contributed by atoms with E-state index in [1.54, 1.807) is 12.1 Å². The van der Waals surface area contributed by atoms with Gasteiger partial charge in [-0.15, -0.1) is 0 Å².